The summed E-state index contributed by atoms with van der Waals surface area (Å²) in [6, 6.07) is 1.75. The Kier molecular flexibility index (Phi) is 13.7. The van der Waals surface area contributed by atoms with Gasteiger partial charge < -0.3 is 14.2 Å². The molecule has 36 heavy (non-hydrogen) atoms. The molecule has 2 heterocycles. The van der Waals surface area contributed by atoms with Crippen LogP contribution in [0.5, 0.6) is 0 Å². The first kappa shape index (κ1) is 31.0. The van der Waals surface area contributed by atoms with Gasteiger partial charge in [-0.15, -0.1) is 0 Å². The molecule has 1 fully saturated rings. The first-order chi connectivity index (χ1) is 17.2. The normalized spacial score (nSPS) is 13.2. The average molecular weight is 503 g/mol. The zero-order valence-electron chi connectivity index (χ0n) is 23.0. The largest absolute Gasteiger partial charge is 0.444 e. The molecule has 10 nitrogen and oxygen atoms in total. The van der Waals surface area contributed by atoms with Crippen molar-refractivity contribution in [1.82, 2.24) is 19.7 Å². The van der Waals surface area contributed by atoms with Crippen molar-refractivity contribution >= 4 is 11.9 Å². The summed E-state index contributed by atoms with van der Waals surface area (Å²) in [4.78, 5) is 21.2. The van der Waals surface area contributed by atoms with Gasteiger partial charge in [-0.1, -0.05) is 26.7 Å². The van der Waals surface area contributed by atoms with Gasteiger partial charge in [0.2, 0.25) is 0 Å². The molecular weight excluding hydrogens is 460 g/mol. The lowest BCUT2D eigenvalue weighted by atomic mass is 10.1. The van der Waals surface area contributed by atoms with Crippen LogP contribution >= 0.6 is 0 Å². The molecule has 0 spiro atoms. The van der Waals surface area contributed by atoms with Crippen LogP contribution < -0.4 is 5.32 Å². The van der Waals surface area contributed by atoms with Crippen LogP contribution in [-0.4, -0.2) is 52.0 Å². The minimum absolute atomic E-state index is 0.349. The number of anilines is 1. The van der Waals surface area contributed by atoms with Crippen molar-refractivity contribution < 1.29 is 19.0 Å². The molecule has 0 saturated heterocycles. The van der Waals surface area contributed by atoms with Gasteiger partial charge >= 0.3 is 6.09 Å². The number of nitrogens with zero attached hydrogens (tertiary/aromatic N) is 5. The van der Waals surface area contributed by atoms with Gasteiger partial charge in [0.1, 0.15) is 17.7 Å². The molecule has 3 rings (SSSR count). The van der Waals surface area contributed by atoms with E-state index in [1.165, 1.54) is 38.9 Å². The van der Waals surface area contributed by atoms with E-state index in [9.17, 15) is 4.79 Å². The lowest BCUT2D eigenvalue weighted by Crippen LogP contribution is -2.28. The Morgan fingerprint density at radius 2 is 1.83 bits per heavy atom. The van der Waals surface area contributed by atoms with Crippen LogP contribution in [0.1, 0.15) is 72.8 Å². The van der Waals surface area contributed by atoms with Gasteiger partial charge in [0.05, 0.1) is 18.0 Å². The Morgan fingerprint density at radius 1 is 1.22 bits per heavy atom. The minimum Gasteiger partial charge on any atom is -0.444 e. The zero-order valence-corrected chi connectivity index (χ0v) is 23.0. The number of nitriles is 1. The molecule has 0 atom stereocenters. The lowest BCUT2D eigenvalue weighted by Gasteiger charge is -2.21. The van der Waals surface area contributed by atoms with Gasteiger partial charge in [-0.25, -0.2) is 14.8 Å². The number of ether oxygens (including phenoxy) is 3. The first-order valence-electron chi connectivity index (χ1n) is 12.4. The highest BCUT2D eigenvalue weighted by molar-refractivity contribution is 5.86. The maximum Gasteiger partial charge on any atom is 0.413 e. The van der Waals surface area contributed by atoms with Crippen LogP contribution in [0.3, 0.4) is 0 Å². The van der Waals surface area contributed by atoms with Crippen LogP contribution in [-0.2, 0) is 27.2 Å². The monoisotopic (exact) mass is 502 g/mol. The van der Waals surface area contributed by atoms with Gasteiger partial charge in [-0.2, -0.15) is 10.4 Å². The van der Waals surface area contributed by atoms with Crippen LogP contribution in [0.4, 0.5) is 10.6 Å². The number of carbonyl (C=O) groups is 1. The fourth-order valence-electron chi connectivity index (χ4n) is 3.84. The van der Waals surface area contributed by atoms with Gasteiger partial charge in [-0.05, 0) is 39.5 Å². The summed E-state index contributed by atoms with van der Waals surface area (Å²) in [6.07, 6.45) is 9.56. The fourth-order valence-corrected chi connectivity index (χ4v) is 3.84. The van der Waals surface area contributed by atoms with Crippen LogP contribution in [0, 0.1) is 17.2 Å². The van der Waals surface area contributed by atoms with Crippen molar-refractivity contribution in [2.45, 2.75) is 92.1 Å². The number of hydrogen-bond donors (Lipinski definition) is 1. The summed E-state index contributed by atoms with van der Waals surface area (Å²) in [5, 5.41) is 14.6. The summed E-state index contributed by atoms with van der Waals surface area (Å²) in [5.41, 5.74) is 1.61. The second-order valence-electron chi connectivity index (χ2n) is 9.11. The number of nitrogens with one attached hydrogen (secondary N) is 1. The molecule has 0 bridgehead atoms. The SMILES string of the molecule is CC.CC#N.COC(Cc1c(NC(=O)OC(C)(C)C)ncnc1-c1cnn(CC2CCCC2)c1)OC. The zero-order chi connectivity index (χ0) is 27.1. The number of amides is 1. The van der Waals surface area contributed by atoms with Crippen molar-refractivity contribution in [2.24, 2.45) is 5.92 Å². The maximum atomic E-state index is 12.4. The minimum atomic E-state index is -0.622. The van der Waals surface area contributed by atoms with Crippen molar-refractivity contribution in [3.05, 3.63) is 24.3 Å². The Morgan fingerprint density at radius 3 is 2.39 bits per heavy atom. The van der Waals surface area contributed by atoms with Gasteiger partial charge in [-0.3, -0.25) is 10.00 Å². The van der Waals surface area contributed by atoms with Crippen LogP contribution in [0.2, 0.25) is 0 Å². The summed E-state index contributed by atoms with van der Waals surface area (Å²) in [7, 11) is 3.14. The quantitative estimate of drug-likeness (QED) is 0.463. The van der Waals surface area contributed by atoms with E-state index in [0.717, 1.165) is 12.1 Å². The third-order valence-electron chi connectivity index (χ3n) is 5.29. The molecule has 0 aliphatic heterocycles. The number of carbonyl (C=O) groups excluding carboxylic acids is 1. The Hall–Kier alpha value is -3.03. The molecule has 200 valence electrons. The number of rotatable bonds is 8. The van der Waals surface area contributed by atoms with E-state index in [4.69, 9.17) is 19.5 Å². The highest BCUT2D eigenvalue weighted by Crippen LogP contribution is 2.29. The van der Waals surface area contributed by atoms with E-state index in [1.54, 1.807) is 26.5 Å². The Labute approximate surface area is 215 Å². The molecule has 1 aliphatic carbocycles. The molecule has 10 heteroatoms. The van der Waals surface area contributed by atoms with Gasteiger partial charge in [0, 0.05) is 51.4 Å². The van der Waals surface area contributed by atoms with E-state index in [0.29, 0.717) is 29.4 Å². The third-order valence-corrected chi connectivity index (χ3v) is 5.29. The van der Waals surface area contributed by atoms with Crippen LogP contribution in [0.25, 0.3) is 11.3 Å². The number of aromatic nitrogens is 4. The van der Waals surface area contributed by atoms with Crippen molar-refractivity contribution in [1.29, 1.82) is 5.26 Å². The average Bonchev–Trinajstić information content (AvgIpc) is 3.51. The smallest absolute Gasteiger partial charge is 0.413 e. The Bertz CT molecular complexity index is 954. The molecule has 0 unspecified atom stereocenters. The van der Waals surface area contributed by atoms with Gasteiger partial charge in [0.15, 0.2) is 6.29 Å². The maximum absolute atomic E-state index is 12.4. The van der Waals surface area contributed by atoms with E-state index >= 15 is 0 Å². The molecule has 2 aromatic heterocycles. The molecule has 1 aliphatic rings. The summed E-state index contributed by atoms with van der Waals surface area (Å²) >= 11 is 0. The third kappa shape index (κ3) is 10.3. The van der Waals surface area contributed by atoms with E-state index in [2.05, 4.69) is 20.4 Å². The number of hydrogen-bond acceptors (Lipinski definition) is 8. The Balaban J connectivity index is 0.00000120. The molecule has 2 aromatic rings. The molecule has 0 aromatic carbocycles. The second-order valence-corrected chi connectivity index (χ2v) is 9.11. The fraction of sp³-hybridized carbons (Fsp3) is 0.654. The second kappa shape index (κ2) is 15.9. The predicted molar refractivity (Wildman–Crippen MR) is 139 cm³/mol. The molecule has 1 amide bonds. The number of methoxy groups -OCH3 is 2. The van der Waals surface area contributed by atoms with Crippen LogP contribution in [0.15, 0.2) is 18.7 Å². The molecule has 1 saturated carbocycles. The predicted octanol–water partition coefficient (Wildman–Crippen LogP) is 5.59. The van der Waals surface area contributed by atoms with Crippen molar-refractivity contribution in [2.75, 3.05) is 19.5 Å². The lowest BCUT2D eigenvalue weighted by molar-refractivity contribution is -0.100. The van der Waals surface area contributed by atoms with Crippen molar-refractivity contribution in [3.8, 4) is 17.3 Å². The molecule has 1 N–H and O–H groups in total. The summed E-state index contributed by atoms with van der Waals surface area (Å²) < 4.78 is 18.1. The highest BCUT2D eigenvalue weighted by atomic mass is 16.7. The topological polar surface area (TPSA) is 124 Å². The van der Waals surface area contributed by atoms with E-state index < -0.39 is 18.0 Å². The molecule has 0 radical (unpaired) electrons. The van der Waals surface area contributed by atoms with E-state index in [1.807, 2.05) is 45.5 Å². The van der Waals surface area contributed by atoms with Gasteiger partial charge in [0.25, 0.3) is 0 Å². The first-order valence-corrected chi connectivity index (χ1v) is 12.4. The molecular formula is C26H42N6O4. The highest BCUT2D eigenvalue weighted by Gasteiger charge is 2.23. The summed E-state index contributed by atoms with van der Waals surface area (Å²) in [5.74, 6) is 1.04. The standard InChI is InChI=1S/C22H33N5O4.C2H3N.C2H6/c1-22(2,3)31-21(28)26-20-17(10-18(29-4)30-5)19(23-14-24-20)16-11-25-27(13-16)12-15-8-6-7-9-15;1-2-3;1-2/h11,13-15,18H,6-10,12H2,1-5H3,(H,23,24,26,28);1H3;1-2H3. The van der Waals surface area contributed by atoms with E-state index in [-0.39, 0.29) is 0 Å². The summed E-state index contributed by atoms with van der Waals surface area (Å²) in [6.45, 7) is 11.8. The van der Waals surface area contributed by atoms with Crippen molar-refractivity contribution in [3.63, 3.8) is 0 Å².